The van der Waals surface area contributed by atoms with Crippen LogP contribution in [0.4, 0.5) is 5.69 Å². The summed E-state index contributed by atoms with van der Waals surface area (Å²) >= 11 is 6.06. The number of halogens is 1. The standard InChI is InChI=1S/C30H24ClNO3/c1-3-30-23(19-12-8-5-9-13-19)22(18-10-6-4-7-11-18)29(2,28(30)35)24-25(30)27(34)32(26(24)33)21-16-14-20(31)15-17-21/h4-17,24-25H,3H2,1-2H3. The molecule has 6 rings (SSSR count). The van der Waals surface area contributed by atoms with Crippen molar-refractivity contribution in [2.24, 2.45) is 22.7 Å². The van der Waals surface area contributed by atoms with Gasteiger partial charge in [0.2, 0.25) is 11.8 Å². The van der Waals surface area contributed by atoms with Gasteiger partial charge in [0.05, 0.1) is 28.4 Å². The lowest BCUT2D eigenvalue weighted by Gasteiger charge is -2.37. The molecule has 3 aromatic rings. The molecule has 1 aliphatic heterocycles. The van der Waals surface area contributed by atoms with Crippen LogP contribution in [0.25, 0.3) is 11.1 Å². The molecule has 0 aromatic heterocycles. The number of imide groups is 1. The Balaban J connectivity index is 1.64. The zero-order chi connectivity index (χ0) is 24.5. The summed E-state index contributed by atoms with van der Waals surface area (Å²) in [6.07, 6.45) is 0.441. The molecular formula is C30H24ClNO3. The molecule has 0 radical (unpaired) electrons. The molecule has 1 heterocycles. The van der Waals surface area contributed by atoms with Crippen molar-refractivity contribution in [1.82, 2.24) is 0 Å². The third-order valence-electron chi connectivity index (χ3n) is 8.32. The van der Waals surface area contributed by atoms with Crippen LogP contribution < -0.4 is 4.90 Å². The summed E-state index contributed by atoms with van der Waals surface area (Å²) in [5.74, 6) is -2.12. The molecule has 4 atom stereocenters. The predicted octanol–water partition coefficient (Wildman–Crippen LogP) is 6.06. The van der Waals surface area contributed by atoms with E-state index in [4.69, 9.17) is 11.6 Å². The van der Waals surface area contributed by atoms with E-state index in [0.717, 1.165) is 22.3 Å². The maximum absolute atomic E-state index is 14.4. The highest BCUT2D eigenvalue weighted by molar-refractivity contribution is 6.35. The van der Waals surface area contributed by atoms with Gasteiger partial charge in [-0.2, -0.15) is 0 Å². The van der Waals surface area contributed by atoms with Crippen molar-refractivity contribution in [1.29, 1.82) is 0 Å². The average Bonchev–Trinajstić information content (AvgIpc) is 3.35. The number of carbonyl (C=O) groups excluding carboxylic acids is 3. The van der Waals surface area contributed by atoms with Crippen molar-refractivity contribution in [2.45, 2.75) is 20.3 Å². The lowest BCUT2D eigenvalue weighted by Crippen LogP contribution is -2.41. The molecule has 2 amide bonds. The minimum absolute atomic E-state index is 0.0161. The van der Waals surface area contributed by atoms with E-state index in [9.17, 15) is 14.4 Å². The molecule has 2 bridgehead atoms. The number of hydrogen-bond donors (Lipinski definition) is 0. The van der Waals surface area contributed by atoms with Gasteiger partial charge in [-0.05, 0) is 59.9 Å². The summed E-state index contributed by atoms with van der Waals surface area (Å²) in [5.41, 5.74) is 1.91. The quantitative estimate of drug-likeness (QED) is 0.426. The largest absolute Gasteiger partial charge is 0.298 e. The second-order valence-corrected chi connectivity index (χ2v) is 10.2. The number of ketones is 1. The van der Waals surface area contributed by atoms with Gasteiger partial charge in [0.1, 0.15) is 0 Å². The number of anilines is 1. The van der Waals surface area contributed by atoms with Gasteiger partial charge in [0.25, 0.3) is 0 Å². The summed E-state index contributed by atoms with van der Waals surface area (Å²) < 4.78 is 0. The van der Waals surface area contributed by atoms with Gasteiger partial charge >= 0.3 is 0 Å². The fourth-order valence-corrected chi connectivity index (χ4v) is 7.10. The molecule has 4 unspecified atom stereocenters. The second kappa shape index (κ2) is 7.50. The number of benzene rings is 3. The lowest BCUT2D eigenvalue weighted by atomic mass is 9.62. The maximum Gasteiger partial charge on any atom is 0.239 e. The Hall–Kier alpha value is -3.50. The number of carbonyl (C=O) groups is 3. The van der Waals surface area contributed by atoms with Gasteiger partial charge in [-0.25, -0.2) is 4.90 Å². The Morgan fingerprint density at radius 1 is 0.743 bits per heavy atom. The molecule has 0 spiro atoms. The highest BCUT2D eigenvalue weighted by Gasteiger charge is 2.79. The van der Waals surface area contributed by atoms with E-state index < -0.39 is 22.7 Å². The molecule has 4 nitrogen and oxygen atoms in total. The summed E-state index contributed by atoms with van der Waals surface area (Å²) in [6, 6.07) is 26.4. The fourth-order valence-electron chi connectivity index (χ4n) is 6.97. The van der Waals surface area contributed by atoms with Crippen LogP contribution in [0, 0.1) is 22.7 Å². The van der Waals surface area contributed by atoms with Crippen LogP contribution in [-0.4, -0.2) is 17.6 Å². The number of nitrogens with zero attached hydrogens (tertiary/aromatic N) is 1. The lowest BCUT2D eigenvalue weighted by molar-refractivity contribution is -0.134. The van der Waals surface area contributed by atoms with E-state index in [-0.39, 0.29) is 17.6 Å². The van der Waals surface area contributed by atoms with Crippen LogP contribution in [0.2, 0.25) is 5.02 Å². The molecule has 1 saturated carbocycles. The predicted molar refractivity (Wildman–Crippen MR) is 136 cm³/mol. The van der Waals surface area contributed by atoms with Gasteiger partial charge in [-0.3, -0.25) is 14.4 Å². The topological polar surface area (TPSA) is 54.5 Å². The Bertz CT molecular complexity index is 1410. The third kappa shape index (κ3) is 2.61. The van der Waals surface area contributed by atoms with Crippen LogP contribution in [0.5, 0.6) is 0 Å². The zero-order valence-electron chi connectivity index (χ0n) is 19.5. The van der Waals surface area contributed by atoms with Crippen LogP contribution >= 0.6 is 11.6 Å². The van der Waals surface area contributed by atoms with Crippen molar-refractivity contribution < 1.29 is 14.4 Å². The van der Waals surface area contributed by atoms with Crippen LogP contribution in [-0.2, 0) is 14.4 Å². The van der Waals surface area contributed by atoms with Gasteiger partial charge < -0.3 is 0 Å². The maximum atomic E-state index is 14.4. The number of allylic oxidation sites excluding steroid dienone is 2. The van der Waals surface area contributed by atoms with E-state index in [1.807, 2.05) is 74.5 Å². The third-order valence-corrected chi connectivity index (χ3v) is 8.57. The first-order chi connectivity index (χ1) is 16.9. The highest BCUT2D eigenvalue weighted by Crippen LogP contribution is 2.74. The Labute approximate surface area is 209 Å². The molecule has 0 N–H and O–H groups in total. The Kier molecular flexibility index (Phi) is 4.71. The van der Waals surface area contributed by atoms with Gasteiger partial charge in [0.15, 0.2) is 5.78 Å². The summed E-state index contributed by atoms with van der Waals surface area (Å²) in [5, 5.41) is 0.527. The molecule has 3 aliphatic rings. The average molecular weight is 482 g/mol. The number of Topliss-reactive ketones (excluding diaryl/α,β-unsaturated/α-hetero) is 1. The van der Waals surface area contributed by atoms with Crippen molar-refractivity contribution in [3.8, 4) is 0 Å². The van der Waals surface area contributed by atoms with Crippen LogP contribution in [0.1, 0.15) is 31.4 Å². The van der Waals surface area contributed by atoms with Gasteiger partial charge in [0, 0.05) is 5.02 Å². The molecule has 3 aromatic carbocycles. The van der Waals surface area contributed by atoms with E-state index in [1.165, 1.54) is 4.90 Å². The van der Waals surface area contributed by atoms with Crippen LogP contribution in [0.15, 0.2) is 84.9 Å². The number of amides is 2. The Morgan fingerprint density at radius 3 is 1.80 bits per heavy atom. The monoisotopic (exact) mass is 481 g/mol. The minimum Gasteiger partial charge on any atom is -0.298 e. The molecular weight excluding hydrogens is 458 g/mol. The first kappa shape index (κ1) is 22.0. The molecule has 2 fully saturated rings. The van der Waals surface area contributed by atoms with E-state index in [2.05, 4.69) is 0 Å². The van der Waals surface area contributed by atoms with Crippen molar-refractivity contribution in [2.75, 3.05) is 4.90 Å². The summed E-state index contributed by atoms with van der Waals surface area (Å²) in [4.78, 5) is 43.7. The van der Waals surface area contributed by atoms with Crippen molar-refractivity contribution >= 4 is 46.0 Å². The molecule has 174 valence electrons. The van der Waals surface area contributed by atoms with Gasteiger partial charge in [-0.15, -0.1) is 0 Å². The molecule has 35 heavy (non-hydrogen) atoms. The number of fused-ring (bicyclic) bond motifs is 5. The SMILES string of the molecule is CCC12C(=O)C(C)(C(c3ccccc3)=C1c1ccccc1)C1C(=O)N(c3ccc(Cl)cc3)C(=O)C12. The summed E-state index contributed by atoms with van der Waals surface area (Å²) in [6.45, 7) is 3.83. The molecule has 1 saturated heterocycles. The first-order valence-corrected chi connectivity index (χ1v) is 12.3. The second-order valence-electron chi connectivity index (χ2n) is 9.78. The minimum atomic E-state index is -1.11. The zero-order valence-corrected chi connectivity index (χ0v) is 20.3. The normalized spacial score (nSPS) is 29.3. The summed E-state index contributed by atoms with van der Waals surface area (Å²) in [7, 11) is 0. The van der Waals surface area contributed by atoms with Crippen molar-refractivity contribution in [3.63, 3.8) is 0 Å². The van der Waals surface area contributed by atoms with Crippen molar-refractivity contribution in [3.05, 3.63) is 101 Å². The van der Waals surface area contributed by atoms with E-state index >= 15 is 0 Å². The number of rotatable bonds is 4. The smallest absolute Gasteiger partial charge is 0.239 e. The first-order valence-electron chi connectivity index (χ1n) is 11.9. The molecule has 2 aliphatic carbocycles. The van der Waals surface area contributed by atoms with E-state index in [0.29, 0.717) is 17.1 Å². The highest BCUT2D eigenvalue weighted by atomic mass is 35.5. The fraction of sp³-hybridized carbons (Fsp3) is 0.233. The Morgan fingerprint density at radius 2 is 1.26 bits per heavy atom. The van der Waals surface area contributed by atoms with Gasteiger partial charge in [-0.1, -0.05) is 79.2 Å². The number of hydrogen-bond acceptors (Lipinski definition) is 3. The van der Waals surface area contributed by atoms with Crippen LogP contribution in [0.3, 0.4) is 0 Å². The molecule has 5 heteroatoms. The van der Waals surface area contributed by atoms with E-state index in [1.54, 1.807) is 24.3 Å².